The molecule has 0 bridgehead atoms. The number of hydrogen-bond acceptors (Lipinski definition) is 5. The van der Waals surface area contributed by atoms with Gasteiger partial charge >= 0.3 is 5.97 Å². The average molecular weight is 414 g/mol. The maximum Gasteiger partial charge on any atom is 0.338 e. The second kappa shape index (κ2) is 7.95. The molecule has 6 nitrogen and oxygen atoms in total. The van der Waals surface area contributed by atoms with E-state index < -0.39 is 18.5 Å². The summed E-state index contributed by atoms with van der Waals surface area (Å²) in [5.74, 6) is -0.509. The highest BCUT2D eigenvalue weighted by Gasteiger charge is 2.20. The Kier molecular flexibility index (Phi) is 5.66. The molecular formula is C17H11Cl3N2O4. The predicted molar refractivity (Wildman–Crippen MR) is 98.8 cm³/mol. The van der Waals surface area contributed by atoms with Crippen molar-refractivity contribution in [2.75, 3.05) is 18.5 Å². The fourth-order valence-electron chi connectivity index (χ4n) is 2.16. The molecule has 3 rings (SSSR count). The fraction of sp³-hybridized carbons (Fsp3) is 0.118. The number of ether oxygens (including phenoxy) is 2. The normalized spacial score (nSPS) is 12.5. The number of rotatable bonds is 4. The molecular weight excluding hydrogens is 403 g/mol. The van der Waals surface area contributed by atoms with Gasteiger partial charge in [-0.1, -0.05) is 34.8 Å². The van der Waals surface area contributed by atoms with Gasteiger partial charge in [0.25, 0.3) is 5.91 Å². The molecule has 0 spiro atoms. The van der Waals surface area contributed by atoms with Gasteiger partial charge in [0.05, 0.1) is 15.6 Å². The van der Waals surface area contributed by atoms with Crippen LogP contribution >= 0.6 is 34.8 Å². The Hall–Kier alpha value is -2.28. The minimum absolute atomic E-state index is 0.0413. The van der Waals surface area contributed by atoms with E-state index in [2.05, 4.69) is 10.3 Å². The maximum atomic E-state index is 12.1. The summed E-state index contributed by atoms with van der Waals surface area (Å²) in [5.41, 5.74) is 0.938. The number of amides is 1. The number of fused-ring (bicyclic) bond motifs is 1. The summed E-state index contributed by atoms with van der Waals surface area (Å²) < 4.78 is 10.5. The summed E-state index contributed by atoms with van der Waals surface area (Å²) >= 11 is 17.6. The van der Waals surface area contributed by atoms with Crippen LogP contribution in [-0.2, 0) is 14.3 Å². The van der Waals surface area contributed by atoms with Crippen LogP contribution < -0.4 is 10.1 Å². The van der Waals surface area contributed by atoms with Crippen molar-refractivity contribution in [3.05, 3.63) is 56.7 Å². The summed E-state index contributed by atoms with van der Waals surface area (Å²) in [4.78, 5) is 27.9. The van der Waals surface area contributed by atoms with Crippen molar-refractivity contribution < 1.29 is 19.1 Å². The van der Waals surface area contributed by atoms with E-state index in [1.54, 1.807) is 24.3 Å². The van der Waals surface area contributed by atoms with E-state index in [9.17, 15) is 9.59 Å². The van der Waals surface area contributed by atoms with Gasteiger partial charge in [-0.15, -0.1) is 0 Å². The first-order chi connectivity index (χ1) is 12.4. The third-order valence-corrected chi connectivity index (χ3v) is 4.08. The zero-order valence-electron chi connectivity index (χ0n) is 13.1. The van der Waals surface area contributed by atoms with E-state index in [0.29, 0.717) is 21.4 Å². The molecule has 0 unspecified atom stereocenters. The molecule has 9 heteroatoms. The van der Waals surface area contributed by atoms with Crippen LogP contribution in [0.5, 0.6) is 5.75 Å². The highest BCUT2D eigenvalue weighted by atomic mass is 35.5. The van der Waals surface area contributed by atoms with Crippen LogP contribution in [0.3, 0.4) is 0 Å². The number of benzene rings is 1. The molecule has 0 saturated heterocycles. The van der Waals surface area contributed by atoms with Crippen LogP contribution in [0.25, 0.3) is 6.08 Å². The topological polar surface area (TPSA) is 77.5 Å². The first-order valence-corrected chi connectivity index (χ1v) is 8.47. The lowest BCUT2D eigenvalue weighted by Gasteiger charge is -2.17. The maximum absolute atomic E-state index is 12.1. The number of anilines is 1. The second-order valence-electron chi connectivity index (χ2n) is 5.25. The van der Waals surface area contributed by atoms with Gasteiger partial charge in [-0.3, -0.25) is 4.79 Å². The van der Waals surface area contributed by atoms with Crippen molar-refractivity contribution in [1.29, 1.82) is 0 Å². The van der Waals surface area contributed by atoms with E-state index in [-0.39, 0.29) is 23.0 Å². The van der Waals surface area contributed by atoms with Gasteiger partial charge in [0.2, 0.25) is 0 Å². The highest BCUT2D eigenvalue weighted by Crippen LogP contribution is 2.29. The number of halogens is 3. The lowest BCUT2D eigenvalue weighted by atomic mass is 10.1. The van der Waals surface area contributed by atoms with Gasteiger partial charge in [-0.25, -0.2) is 9.78 Å². The first-order valence-electron chi connectivity index (χ1n) is 7.33. The van der Waals surface area contributed by atoms with Gasteiger partial charge in [-0.05, 0) is 30.3 Å². The molecule has 1 aromatic heterocycles. The van der Waals surface area contributed by atoms with Crippen molar-refractivity contribution >= 4 is 58.6 Å². The first kappa shape index (κ1) is 18.5. The number of aromatic nitrogens is 1. The largest absolute Gasteiger partial charge is 0.488 e. The number of nitrogens with one attached hydrogen (secondary N) is 1. The smallest absolute Gasteiger partial charge is 0.338 e. The Balaban J connectivity index is 1.59. The predicted octanol–water partition coefficient (Wildman–Crippen LogP) is 4.00. The molecule has 1 aromatic carbocycles. The van der Waals surface area contributed by atoms with Crippen molar-refractivity contribution in [2.24, 2.45) is 0 Å². The zero-order chi connectivity index (χ0) is 18.7. The molecule has 1 N–H and O–H groups in total. The number of carbonyl (C=O) groups is 2. The Morgan fingerprint density at radius 3 is 2.77 bits per heavy atom. The third-order valence-electron chi connectivity index (χ3n) is 3.35. The molecule has 0 saturated carbocycles. The third kappa shape index (κ3) is 4.46. The fourth-order valence-corrected chi connectivity index (χ4v) is 2.77. The van der Waals surface area contributed by atoms with Crippen molar-refractivity contribution in [3.8, 4) is 5.75 Å². The standard InChI is InChI=1S/C17H11Cl3N2O4/c18-11-1-2-14-9(4-11)3-10(7-25-14)17(24)26-8-15(23)22-16-13(20)5-12(19)6-21-16/h1-6H,7-8H2,(H,21,22,23). The van der Waals surface area contributed by atoms with E-state index in [0.717, 1.165) is 0 Å². The lowest BCUT2D eigenvalue weighted by molar-refractivity contribution is -0.143. The minimum Gasteiger partial charge on any atom is -0.488 e. The van der Waals surface area contributed by atoms with E-state index in [1.165, 1.54) is 12.3 Å². The van der Waals surface area contributed by atoms with Crippen LogP contribution in [0.1, 0.15) is 5.56 Å². The van der Waals surface area contributed by atoms with Crippen LogP contribution in [0.2, 0.25) is 15.1 Å². The molecule has 0 fully saturated rings. The summed E-state index contributed by atoms with van der Waals surface area (Å²) in [7, 11) is 0. The van der Waals surface area contributed by atoms with E-state index >= 15 is 0 Å². The van der Waals surface area contributed by atoms with E-state index in [1.807, 2.05) is 0 Å². The highest BCUT2D eigenvalue weighted by molar-refractivity contribution is 6.36. The molecule has 0 atom stereocenters. The lowest BCUT2D eigenvalue weighted by Crippen LogP contribution is -2.24. The second-order valence-corrected chi connectivity index (χ2v) is 6.53. The van der Waals surface area contributed by atoms with Gasteiger partial charge in [0.1, 0.15) is 12.4 Å². The molecule has 26 heavy (non-hydrogen) atoms. The number of pyridine rings is 1. The molecule has 1 aliphatic heterocycles. The Morgan fingerprint density at radius 2 is 2.00 bits per heavy atom. The van der Waals surface area contributed by atoms with Crippen LogP contribution in [0, 0.1) is 0 Å². The molecule has 2 aromatic rings. The average Bonchev–Trinajstić information content (AvgIpc) is 2.61. The van der Waals surface area contributed by atoms with Crippen LogP contribution in [0.4, 0.5) is 5.82 Å². The Morgan fingerprint density at radius 1 is 1.19 bits per heavy atom. The van der Waals surface area contributed by atoms with Crippen molar-refractivity contribution in [3.63, 3.8) is 0 Å². The van der Waals surface area contributed by atoms with E-state index in [4.69, 9.17) is 44.3 Å². The molecule has 1 amide bonds. The summed E-state index contributed by atoms with van der Waals surface area (Å²) in [6, 6.07) is 6.51. The molecule has 2 heterocycles. The number of esters is 1. The van der Waals surface area contributed by atoms with Crippen molar-refractivity contribution in [2.45, 2.75) is 0 Å². The van der Waals surface area contributed by atoms with Gasteiger partial charge in [0, 0.05) is 16.8 Å². The molecule has 1 aliphatic rings. The monoisotopic (exact) mass is 412 g/mol. The quantitative estimate of drug-likeness (QED) is 0.767. The minimum atomic E-state index is -0.666. The van der Waals surface area contributed by atoms with Crippen LogP contribution in [-0.4, -0.2) is 30.1 Å². The molecule has 0 aliphatic carbocycles. The van der Waals surface area contributed by atoms with Crippen molar-refractivity contribution in [1.82, 2.24) is 4.98 Å². The van der Waals surface area contributed by atoms with Gasteiger partial charge in [-0.2, -0.15) is 0 Å². The van der Waals surface area contributed by atoms with Gasteiger partial charge < -0.3 is 14.8 Å². The summed E-state index contributed by atoms with van der Waals surface area (Å²) in [5, 5.41) is 3.46. The zero-order valence-corrected chi connectivity index (χ0v) is 15.4. The van der Waals surface area contributed by atoms with Gasteiger partial charge in [0.15, 0.2) is 12.4 Å². The summed E-state index contributed by atoms with van der Waals surface area (Å²) in [6.45, 7) is -0.459. The number of nitrogens with zero attached hydrogens (tertiary/aromatic N) is 1. The SMILES string of the molecule is O=C(COC(=O)C1=Cc2cc(Cl)ccc2OC1)Nc1ncc(Cl)cc1Cl. The Labute approximate surface area is 163 Å². The molecule has 134 valence electrons. The molecule has 0 radical (unpaired) electrons. The summed E-state index contributed by atoms with van der Waals surface area (Å²) in [6.07, 6.45) is 2.95. The van der Waals surface area contributed by atoms with Crippen LogP contribution in [0.15, 0.2) is 36.0 Å². The Bertz CT molecular complexity index is 915. The number of carbonyl (C=O) groups excluding carboxylic acids is 2. The number of hydrogen-bond donors (Lipinski definition) is 1.